The SMILES string of the molecule is CC(C)(C)OC(=O)N1CCC([C@@H](C(=O)O)c2ccc(Br)cc2)CC1. The molecule has 2 rings (SSSR count). The summed E-state index contributed by atoms with van der Waals surface area (Å²) in [5.41, 5.74) is 0.288. The van der Waals surface area contributed by atoms with Gasteiger partial charge >= 0.3 is 12.1 Å². The van der Waals surface area contributed by atoms with E-state index >= 15 is 0 Å². The van der Waals surface area contributed by atoms with Gasteiger partial charge in [0.15, 0.2) is 0 Å². The third-order valence-electron chi connectivity index (χ3n) is 4.16. The van der Waals surface area contributed by atoms with E-state index in [1.807, 2.05) is 45.0 Å². The Balaban J connectivity index is 2.02. The van der Waals surface area contributed by atoms with E-state index < -0.39 is 17.5 Å². The number of amides is 1. The van der Waals surface area contributed by atoms with Crippen molar-refractivity contribution in [1.82, 2.24) is 4.90 Å². The average Bonchev–Trinajstić information content (AvgIpc) is 2.48. The van der Waals surface area contributed by atoms with Crippen LogP contribution in [-0.4, -0.2) is 40.8 Å². The van der Waals surface area contributed by atoms with Gasteiger partial charge in [0.1, 0.15) is 5.60 Å². The number of carbonyl (C=O) groups excluding carboxylic acids is 1. The van der Waals surface area contributed by atoms with Crippen LogP contribution >= 0.6 is 15.9 Å². The summed E-state index contributed by atoms with van der Waals surface area (Å²) in [5.74, 6) is -1.34. The Hall–Kier alpha value is -1.56. The van der Waals surface area contributed by atoms with Crippen molar-refractivity contribution >= 4 is 28.0 Å². The fraction of sp³-hybridized carbons (Fsp3) is 0.556. The predicted octanol–water partition coefficient (Wildman–Crippen LogP) is 4.26. The molecule has 1 fully saturated rings. The van der Waals surface area contributed by atoms with E-state index in [0.717, 1.165) is 10.0 Å². The number of piperidine rings is 1. The van der Waals surface area contributed by atoms with Crippen LogP contribution in [0.4, 0.5) is 4.79 Å². The molecule has 1 aromatic carbocycles. The molecule has 24 heavy (non-hydrogen) atoms. The molecule has 1 aromatic rings. The minimum atomic E-state index is -0.812. The molecule has 5 nitrogen and oxygen atoms in total. The highest BCUT2D eigenvalue weighted by Gasteiger charge is 2.34. The number of ether oxygens (including phenoxy) is 1. The minimum absolute atomic E-state index is 0.0161. The fourth-order valence-corrected chi connectivity index (χ4v) is 3.29. The second-order valence-corrected chi connectivity index (χ2v) is 8.09. The third kappa shape index (κ3) is 4.97. The highest BCUT2D eigenvalue weighted by Crippen LogP contribution is 2.34. The number of hydrogen-bond acceptors (Lipinski definition) is 3. The molecule has 1 aliphatic rings. The van der Waals surface area contributed by atoms with Crippen LogP contribution in [-0.2, 0) is 9.53 Å². The van der Waals surface area contributed by atoms with Gasteiger partial charge in [0.25, 0.3) is 0 Å². The molecule has 0 spiro atoms. The topological polar surface area (TPSA) is 66.8 Å². The van der Waals surface area contributed by atoms with E-state index in [2.05, 4.69) is 15.9 Å². The first-order valence-electron chi connectivity index (χ1n) is 8.13. The largest absolute Gasteiger partial charge is 0.481 e. The Morgan fingerprint density at radius 3 is 2.21 bits per heavy atom. The van der Waals surface area contributed by atoms with Gasteiger partial charge in [-0.05, 0) is 57.2 Å². The number of likely N-dealkylation sites (tertiary alicyclic amines) is 1. The molecule has 1 saturated heterocycles. The molecular weight excluding hydrogens is 374 g/mol. The molecule has 0 unspecified atom stereocenters. The predicted molar refractivity (Wildman–Crippen MR) is 95.0 cm³/mol. The monoisotopic (exact) mass is 397 g/mol. The first kappa shape index (κ1) is 18.8. The van der Waals surface area contributed by atoms with Gasteiger partial charge in [0.05, 0.1) is 5.92 Å². The van der Waals surface area contributed by atoms with Gasteiger partial charge in [-0.2, -0.15) is 0 Å². The van der Waals surface area contributed by atoms with Crippen molar-refractivity contribution in [3.8, 4) is 0 Å². The summed E-state index contributed by atoms with van der Waals surface area (Å²) in [6, 6.07) is 7.43. The highest BCUT2D eigenvalue weighted by atomic mass is 79.9. The Morgan fingerprint density at radius 1 is 1.21 bits per heavy atom. The number of nitrogens with zero attached hydrogens (tertiary/aromatic N) is 1. The van der Waals surface area contributed by atoms with Crippen molar-refractivity contribution in [3.63, 3.8) is 0 Å². The van der Waals surface area contributed by atoms with Crippen LogP contribution in [0, 0.1) is 5.92 Å². The molecule has 0 bridgehead atoms. The van der Waals surface area contributed by atoms with Gasteiger partial charge in [-0.25, -0.2) is 4.79 Å². The summed E-state index contributed by atoms with van der Waals surface area (Å²) in [7, 11) is 0. The lowest BCUT2D eigenvalue weighted by Crippen LogP contribution is -2.43. The number of halogens is 1. The lowest BCUT2D eigenvalue weighted by Gasteiger charge is -2.35. The fourth-order valence-electron chi connectivity index (χ4n) is 3.03. The molecule has 0 radical (unpaired) electrons. The van der Waals surface area contributed by atoms with E-state index in [9.17, 15) is 14.7 Å². The van der Waals surface area contributed by atoms with Crippen molar-refractivity contribution in [2.75, 3.05) is 13.1 Å². The normalized spacial score (nSPS) is 17.4. The number of carbonyl (C=O) groups is 2. The van der Waals surface area contributed by atoms with Crippen LogP contribution < -0.4 is 0 Å². The zero-order valence-corrected chi connectivity index (χ0v) is 15.9. The van der Waals surface area contributed by atoms with Crippen LogP contribution in [0.2, 0.25) is 0 Å². The van der Waals surface area contributed by atoms with E-state index in [-0.39, 0.29) is 12.0 Å². The quantitative estimate of drug-likeness (QED) is 0.826. The van der Waals surface area contributed by atoms with Gasteiger partial charge in [-0.15, -0.1) is 0 Å². The Labute approximate surface area is 151 Å². The standard InChI is InChI=1S/C18H24BrNO4/c1-18(2,3)24-17(23)20-10-8-13(9-11-20)15(16(21)22)12-4-6-14(19)7-5-12/h4-7,13,15H,8-11H2,1-3H3,(H,21,22)/t15-/m0/s1. The number of carboxylic acids is 1. The second-order valence-electron chi connectivity index (χ2n) is 7.17. The van der Waals surface area contributed by atoms with Gasteiger partial charge < -0.3 is 14.7 Å². The molecule has 132 valence electrons. The number of carboxylic acid groups (broad SMARTS) is 1. The van der Waals surface area contributed by atoms with Crippen molar-refractivity contribution < 1.29 is 19.4 Å². The van der Waals surface area contributed by atoms with Crippen LogP contribution in [0.5, 0.6) is 0 Å². The summed E-state index contributed by atoms with van der Waals surface area (Å²) in [6.07, 6.45) is 0.995. The Kier molecular flexibility index (Phi) is 5.91. The first-order valence-corrected chi connectivity index (χ1v) is 8.93. The molecule has 0 aromatic heterocycles. The van der Waals surface area contributed by atoms with Crippen LogP contribution in [0.25, 0.3) is 0 Å². The van der Waals surface area contributed by atoms with Crippen molar-refractivity contribution in [1.29, 1.82) is 0 Å². The molecule has 1 heterocycles. The third-order valence-corrected chi connectivity index (χ3v) is 4.69. The first-order chi connectivity index (χ1) is 11.2. The maximum absolute atomic E-state index is 12.1. The van der Waals surface area contributed by atoms with Crippen LogP contribution in [0.15, 0.2) is 28.7 Å². The molecule has 0 aliphatic carbocycles. The highest BCUT2D eigenvalue weighted by molar-refractivity contribution is 9.10. The molecule has 1 atom stereocenters. The molecule has 1 amide bonds. The molecular formula is C18H24BrNO4. The van der Waals surface area contributed by atoms with Gasteiger partial charge in [0.2, 0.25) is 0 Å². The van der Waals surface area contributed by atoms with Gasteiger partial charge in [0, 0.05) is 17.6 Å². The molecule has 1 aliphatic heterocycles. The van der Waals surface area contributed by atoms with E-state index in [1.54, 1.807) is 4.90 Å². The lowest BCUT2D eigenvalue weighted by molar-refractivity contribution is -0.140. The number of hydrogen-bond donors (Lipinski definition) is 1. The van der Waals surface area contributed by atoms with Crippen molar-refractivity contribution in [3.05, 3.63) is 34.3 Å². The number of rotatable bonds is 3. The summed E-state index contributed by atoms with van der Waals surface area (Å²) >= 11 is 3.37. The zero-order valence-electron chi connectivity index (χ0n) is 14.3. The van der Waals surface area contributed by atoms with E-state index in [0.29, 0.717) is 25.9 Å². The van der Waals surface area contributed by atoms with Crippen LogP contribution in [0.1, 0.15) is 45.1 Å². The maximum Gasteiger partial charge on any atom is 0.410 e. The summed E-state index contributed by atoms with van der Waals surface area (Å²) in [4.78, 5) is 25.6. The summed E-state index contributed by atoms with van der Waals surface area (Å²) < 4.78 is 6.31. The van der Waals surface area contributed by atoms with E-state index in [1.165, 1.54) is 0 Å². The van der Waals surface area contributed by atoms with Crippen LogP contribution in [0.3, 0.4) is 0 Å². The van der Waals surface area contributed by atoms with Gasteiger partial charge in [-0.1, -0.05) is 28.1 Å². The number of benzene rings is 1. The molecule has 1 N–H and O–H groups in total. The summed E-state index contributed by atoms with van der Waals surface area (Å²) in [5, 5.41) is 9.66. The number of aliphatic carboxylic acids is 1. The maximum atomic E-state index is 12.1. The zero-order chi connectivity index (χ0) is 17.9. The van der Waals surface area contributed by atoms with Gasteiger partial charge in [-0.3, -0.25) is 4.79 Å². The van der Waals surface area contributed by atoms with Crippen molar-refractivity contribution in [2.45, 2.75) is 45.1 Å². The summed E-state index contributed by atoms with van der Waals surface area (Å²) in [6.45, 7) is 6.57. The minimum Gasteiger partial charge on any atom is -0.481 e. The lowest BCUT2D eigenvalue weighted by atomic mass is 9.80. The Morgan fingerprint density at radius 2 is 1.75 bits per heavy atom. The molecule has 0 saturated carbocycles. The smallest absolute Gasteiger partial charge is 0.410 e. The van der Waals surface area contributed by atoms with Crippen molar-refractivity contribution in [2.24, 2.45) is 5.92 Å². The second kappa shape index (κ2) is 7.55. The van der Waals surface area contributed by atoms with E-state index in [4.69, 9.17) is 4.74 Å². The Bertz CT molecular complexity index is 586. The molecule has 6 heteroatoms. The average molecular weight is 398 g/mol.